The van der Waals surface area contributed by atoms with Gasteiger partial charge in [0.25, 0.3) is 0 Å². The van der Waals surface area contributed by atoms with E-state index in [2.05, 4.69) is 0 Å². The molecule has 1 aromatic carbocycles. The summed E-state index contributed by atoms with van der Waals surface area (Å²) < 4.78 is 23.8. The van der Waals surface area contributed by atoms with Crippen molar-refractivity contribution in [2.75, 3.05) is 0 Å². The summed E-state index contributed by atoms with van der Waals surface area (Å²) in [4.78, 5) is 8.07. The van der Waals surface area contributed by atoms with Crippen molar-refractivity contribution in [3.63, 3.8) is 0 Å². The lowest BCUT2D eigenvalue weighted by molar-refractivity contribution is -0.137. The molecule has 0 fully saturated rings. The van der Waals surface area contributed by atoms with Crippen molar-refractivity contribution in [2.45, 2.75) is 16.3 Å². The largest absolute Gasteiger partial charge is 0.481 e. The van der Waals surface area contributed by atoms with Gasteiger partial charge in [-0.05, 0) is 12.1 Å². The smallest absolute Gasteiger partial charge is 0.307 e. The molecule has 0 aliphatic rings. The molecule has 5 N–H and O–H groups in total. The Morgan fingerprint density at radius 1 is 1.25 bits per heavy atom. The number of hydrogen-bond donors (Lipinski definition) is 3. The first-order valence-electron chi connectivity index (χ1n) is 4.36. The molecule has 0 bridgehead atoms. The van der Waals surface area contributed by atoms with E-state index in [0.29, 0.717) is 0 Å². The van der Waals surface area contributed by atoms with Crippen LogP contribution in [0.1, 0.15) is 6.42 Å². The summed E-state index contributed by atoms with van der Waals surface area (Å²) in [6.07, 6.45) is -0.857. The summed E-state index contributed by atoms with van der Waals surface area (Å²) in [5, 5.41) is 8.53. The van der Waals surface area contributed by atoms with Crippen molar-refractivity contribution in [3.05, 3.63) is 30.3 Å². The second kappa shape index (κ2) is 4.20. The van der Waals surface area contributed by atoms with Crippen molar-refractivity contribution in [1.82, 2.24) is 0 Å². The van der Waals surface area contributed by atoms with Gasteiger partial charge in [-0.2, -0.15) is 0 Å². The quantitative estimate of drug-likeness (QED) is 0.614. The van der Waals surface area contributed by atoms with Gasteiger partial charge in [-0.25, -0.2) is 8.42 Å². The fraction of sp³-hybridized carbons (Fsp3) is 0.222. The number of nitrogens with two attached hydrogens (primary N) is 2. The van der Waals surface area contributed by atoms with Crippen LogP contribution in [0.15, 0.2) is 35.2 Å². The summed E-state index contributed by atoms with van der Waals surface area (Å²) in [5.41, 5.74) is 10.7. The van der Waals surface area contributed by atoms with Gasteiger partial charge in [0, 0.05) is 0 Å². The Morgan fingerprint density at radius 2 is 1.75 bits per heavy atom. The van der Waals surface area contributed by atoms with Crippen LogP contribution in [0.25, 0.3) is 0 Å². The summed E-state index contributed by atoms with van der Waals surface area (Å²) in [6.45, 7) is 0. The maximum atomic E-state index is 11.9. The molecule has 7 heteroatoms. The van der Waals surface area contributed by atoms with Gasteiger partial charge in [-0.15, -0.1) is 0 Å². The van der Waals surface area contributed by atoms with Crippen LogP contribution in [0.2, 0.25) is 0 Å². The number of hydrogen-bond acceptors (Lipinski definition) is 5. The average molecular weight is 244 g/mol. The Morgan fingerprint density at radius 3 is 2.19 bits per heavy atom. The molecule has 88 valence electrons. The highest BCUT2D eigenvalue weighted by atomic mass is 32.2. The highest BCUT2D eigenvalue weighted by molar-refractivity contribution is 7.92. The molecule has 6 nitrogen and oxygen atoms in total. The Balaban J connectivity index is 3.17. The fourth-order valence-corrected chi connectivity index (χ4v) is 2.42. The number of carboxylic acid groups (broad SMARTS) is 1. The molecule has 0 saturated heterocycles. The number of carbonyl (C=O) groups is 1. The number of benzene rings is 1. The molecule has 0 aliphatic carbocycles. The van der Waals surface area contributed by atoms with Gasteiger partial charge in [0.1, 0.15) is 0 Å². The van der Waals surface area contributed by atoms with Gasteiger partial charge in [-0.1, -0.05) is 18.2 Å². The second-order valence-electron chi connectivity index (χ2n) is 3.34. The van der Waals surface area contributed by atoms with Crippen molar-refractivity contribution >= 4 is 15.8 Å². The zero-order valence-electron chi connectivity index (χ0n) is 8.33. The lowest BCUT2D eigenvalue weighted by Gasteiger charge is -2.22. The van der Waals surface area contributed by atoms with Crippen LogP contribution >= 0.6 is 0 Å². The predicted molar refractivity (Wildman–Crippen MR) is 57.0 cm³/mol. The Kier molecular flexibility index (Phi) is 3.32. The minimum atomic E-state index is -4.06. The molecule has 0 heterocycles. The SMILES string of the molecule is NC(N)(CC(=O)O)S(=O)(=O)c1ccccc1. The molecule has 0 saturated carbocycles. The van der Waals surface area contributed by atoms with E-state index < -0.39 is 27.2 Å². The van der Waals surface area contributed by atoms with Crippen LogP contribution < -0.4 is 11.5 Å². The lowest BCUT2D eigenvalue weighted by Crippen LogP contribution is -2.57. The maximum Gasteiger partial charge on any atom is 0.307 e. The van der Waals surface area contributed by atoms with Crippen molar-refractivity contribution < 1.29 is 18.3 Å². The van der Waals surface area contributed by atoms with Gasteiger partial charge < -0.3 is 5.11 Å². The van der Waals surface area contributed by atoms with Gasteiger partial charge in [-0.3, -0.25) is 16.3 Å². The Bertz CT molecular complexity index is 481. The van der Waals surface area contributed by atoms with E-state index in [1.165, 1.54) is 24.3 Å². The van der Waals surface area contributed by atoms with Gasteiger partial charge >= 0.3 is 5.97 Å². The van der Waals surface area contributed by atoms with E-state index in [0.717, 1.165) is 0 Å². The van der Waals surface area contributed by atoms with E-state index in [1.807, 2.05) is 0 Å². The third-order valence-corrected chi connectivity index (χ3v) is 4.02. The minimum Gasteiger partial charge on any atom is -0.481 e. The molecular weight excluding hydrogens is 232 g/mol. The topological polar surface area (TPSA) is 123 Å². The molecule has 16 heavy (non-hydrogen) atoms. The van der Waals surface area contributed by atoms with Crippen LogP contribution in [0, 0.1) is 0 Å². The first kappa shape index (κ1) is 12.6. The summed E-state index contributed by atoms with van der Waals surface area (Å²) in [6, 6.07) is 7.26. The number of sulfone groups is 1. The van der Waals surface area contributed by atoms with Gasteiger partial charge in [0.2, 0.25) is 9.84 Å². The van der Waals surface area contributed by atoms with E-state index >= 15 is 0 Å². The molecule has 0 aliphatic heterocycles. The van der Waals surface area contributed by atoms with Crippen LogP contribution in [-0.4, -0.2) is 24.5 Å². The Labute approximate surface area is 92.8 Å². The molecular formula is C9H12N2O4S. The van der Waals surface area contributed by atoms with E-state index in [1.54, 1.807) is 6.07 Å². The van der Waals surface area contributed by atoms with Gasteiger partial charge in [0.05, 0.1) is 11.3 Å². The molecule has 0 unspecified atom stereocenters. The predicted octanol–water partition coefficient (Wildman–Crippen LogP) is -0.494. The third-order valence-electron chi connectivity index (χ3n) is 1.98. The molecule has 0 radical (unpaired) electrons. The lowest BCUT2D eigenvalue weighted by atomic mass is 10.3. The molecule has 0 aromatic heterocycles. The summed E-state index contributed by atoms with van der Waals surface area (Å²) in [5.74, 6) is -1.37. The van der Waals surface area contributed by atoms with Crippen LogP contribution in [0.5, 0.6) is 0 Å². The molecule has 0 amide bonds. The van der Waals surface area contributed by atoms with Gasteiger partial charge in [0.15, 0.2) is 4.99 Å². The van der Waals surface area contributed by atoms with E-state index in [9.17, 15) is 13.2 Å². The summed E-state index contributed by atoms with van der Waals surface area (Å²) in [7, 11) is -4.06. The first-order valence-corrected chi connectivity index (χ1v) is 5.85. The molecule has 1 aromatic rings. The summed E-state index contributed by atoms with van der Waals surface area (Å²) >= 11 is 0. The van der Waals surface area contributed by atoms with E-state index in [4.69, 9.17) is 16.6 Å². The number of carboxylic acids is 1. The number of rotatable bonds is 4. The maximum absolute atomic E-state index is 11.9. The van der Waals surface area contributed by atoms with E-state index in [-0.39, 0.29) is 4.90 Å². The fourth-order valence-electron chi connectivity index (χ4n) is 1.15. The van der Waals surface area contributed by atoms with Crippen LogP contribution in [0.4, 0.5) is 0 Å². The number of aliphatic carboxylic acids is 1. The highest BCUT2D eigenvalue weighted by Crippen LogP contribution is 2.19. The first-order chi connectivity index (χ1) is 7.27. The average Bonchev–Trinajstić information content (AvgIpc) is 2.17. The molecule has 0 atom stereocenters. The third kappa shape index (κ3) is 2.38. The monoisotopic (exact) mass is 244 g/mol. The second-order valence-corrected chi connectivity index (χ2v) is 5.58. The highest BCUT2D eigenvalue weighted by Gasteiger charge is 2.39. The molecule has 0 spiro atoms. The normalized spacial score (nSPS) is 12.4. The minimum absolute atomic E-state index is 0.0961. The van der Waals surface area contributed by atoms with Crippen molar-refractivity contribution in [1.29, 1.82) is 0 Å². The zero-order chi connectivity index (χ0) is 12.4. The Hall–Kier alpha value is -1.44. The molecule has 1 rings (SSSR count). The standard InChI is InChI=1S/C9H12N2O4S/c10-9(11,6-8(12)13)16(14,15)7-4-2-1-3-5-7/h1-5H,6,10-11H2,(H,12,13). The van der Waals surface area contributed by atoms with Crippen molar-refractivity contribution in [3.8, 4) is 0 Å². The van der Waals surface area contributed by atoms with Crippen molar-refractivity contribution in [2.24, 2.45) is 11.5 Å². The zero-order valence-corrected chi connectivity index (χ0v) is 9.15. The van der Waals surface area contributed by atoms with Crippen LogP contribution in [-0.2, 0) is 14.6 Å². The van der Waals surface area contributed by atoms with Crippen LogP contribution in [0.3, 0.4) is 0 Å².